The molecule has 4 aromatic rings. The quantitative estimate of drug-likeness (QED) is 0.486. The van der Waals surface area contributed by atoms with Crippen molar-refractivity contribution in [1.82, 2.24) is 4.98 Å². The summed E-state index contributed by atoms with van der Waals surface area (Å²) in [7, 11) is 0. The number of fused-ring (bicyclic) bond motifs is 2. The van der Waals surface area contributed by atoms with Gasteiger partial charge >= 0.3 is 0 Å². The molecule has 1 aliphatic heterocycles. The number of aromatic nitrogens is 1. The Morgan fingerprint density at radius 2 is 1.90 bits per heavy atom. The number of thiophene rings is 1. The van der Waals surface area contributed by atoms with Crippen molar-refractivity contribution < 1.29 is 14.3 Å². The maximum Gasteiger partial charge on any atom is 0.259 e. The lowest BCUT2D eigenvalue weighted by molar-refractivity contribution is 0.0986. The largest absolute Gasteiger partial charge is 0.486 e. The summed E-state index contributed by atoms with van der Waals surface area (Å²) < 4.78 is 11.4. The average molecular weight is 402 g/mol. The summed E-state index contributed by atoms with van der Waals surface area (Å²) >= 11 is 1.63. The van der Waals surface area contributed by atoms with Crippen molar-refractivity contribution in [3.63, 3.8) is 0 Å². The van der Waals surface area contributed by atoms with Gasteiger partial charge in [-0.05, 0) is 41.8 Å². The predicted molar refractivity (Wildman–Crippen MR) is 114 cm³/mol. The Hall–Kier alpha value is -3.38. The third-order valence-corrected chi connectivity index (χ3v) is 5.71. The minimum absolute atomic E-state index is 0.0753. The molecule has 0 aliphatic carbocycles. The summed E-state index contributed by atoms with van der Waals surface area (Å²) in [6.07, 6.45) is 1.74. The predicted octanol–water partition coefficient (Wildman–Crippen LogP) is 4.91. The first-order valence-electron chi connectivity index (χ1n) is 9.37. The number of carbonyl (C=O) groups is 1. The van der Waals surface area contributed by atoms with Gasteiger partial charge in [-0.2, -0.15) is 0 Å². The van der Waals surface area contributed by atoms with Gasteiger partial charge in [0, 0.05) is 33.8 Å². The molecule has 2 aromatic carbocycles. The first kappa shape index (κ1) is 17.7. The number of carbonyl (C=O) groups excluding carboxylic acids is 1. The maximum atomic E-state index is 13.7. The van der Waals surface area contributed by atoms with Crippen molar-refractivity contribution in [3.05, 3.63) is 82.7 Å². The van der Waals surface area contributed by atoms with Crippen LogP contribution in [0.15, 0.2) is 72.2 Å². The lowest BCUT2D eigenvalue weighted by Crippen LogP contribution is -2.30. The Morgan fingerprint density at radius 3 is 2.76 bits per heavy atom. The van der Waals surface area contributed by atoms with Gasteiger partial charge in [-0.25, -0.2) is 0 Å². The van der Waals surface area contributed by atoms with Crippen molar-refractivity contribution >= 4 is 33.8 Å². The molecule has 3 heterocycles. The minimum atomic E-state index is -0.0753. The van der Waals surface area contributed by atoms with Crippen LogP contribution in [0.3, 0.4) is 0 Å². The zero-order chi connectivity index (χ0) is 19.6. The third-order valence-electron chi connectivity index (χ3n) is 4.85. The molecule has 1 amide bonds. The van der Waals surface area contributed by atoms with Gasteiger partial charge in [0.2, 0.25) is 0 Å². The lowest BCUT2D eigenvalue weighted by atomic mass is 10.1. The number of benzene rings is 2. The molecule has 2 aromatic heterocycles. The normalized spacial score (nSPS) is 12.7. The van der Waals surface area contributed by atoms with Crippen molar-refractivity contribution in [1.29, 1.82) is 0 Å². The van der Waals surface area contributed by atoms with Crippen LogP contribution in [0.5, 0.6) is 11.5 Å². The number of rotatable bonds is 4. The van der Waals surface area contributed by atoms with Crippen LogP contribution in [-0.2, 0) is 6.54 Å². The van der Waals surface area contributed by atoms with Gasteiger partial charge in [-0.1, -0.05) is 18.2 Å². The van der Waals surface area contributed by atoms with E-state index in [1.165, 1.54) is 0 Å². The molecule has 0 saturated carbocycles. The SMILES string of the molecule is O=C(c1cccc2ncccc12)N(Cc1cccs1)c1ccc2c(c1)OCCO2. The molecule has 0 N–H and O–H groups in total. The molecule has 5 nitrogen and oxygen atoms in total. The van der Waals surface area contributed by atoms with Crippen LogP contribution < -0.4 is 14.4 Å². The second kappa shape index (κ2) is 7.56. The molecule has 0 fully saturated rings. The molecule has 144 valence electrons. The molecular formula is C23H18N2O3S. The number of hydrogen-bond acceptors (Lipinski definition) is 5. The fourth-order valence-electron chi connectivity index (χ4n) is 3.47. The van der Waals surface area contributed by atoms with Crippen molar-refractivity contribution in [3.8, 4) is 11.5 Å². The fourth-order valence-corrected chi connectivity index (χ4v) is 4.17. The van der Waals surface area contributed by atoms with E-state index >= 15 is 0 Å². The van der Waals surface area contributed by atoms with E-state index in [0.717, 1.165) is 21.5 Å². The second-order valence-electron chi connectivity index (χ2n) is 6.67. The van der Waals surface area contributed by atoms with Crippen molar-refractivity contribution in [2.75, 3.05) is 18.1 Å². The second-order valence-corrected chi connectivity index (χ2v) is 7.71. The summed E-state index contributed by atoms with van der Waals surface area (Å²) in [6, 6.07) is 19.1. The Balaban J connectivity index is 1.59. The highest BCUT2D eigenvalue weighted by atomic mass is 32.1. The lowest BCUT2D eigenvalue weighted by Gasteiger charge is -2.25. The van der Waals surface area contributed by atoms with Crippen LogP contribution in [0.1, 0.15) is 15.2 Å². The molecule has 1 aliphatic rings. The monoisotopic (exact) mass is 402 g/mol. The van der Waals surface area contributed by atoms with E-state index in [9.17, 15) is 4.79 Å². The van der Waals surface area contributed by atoms with E-state index in [-0.39, 0.29) is 5.91 Å². The van der Waals surface area contributed by atoms with E-state index < -0.39 is 0 Å². The molecule has 0 spiro atoms. The highest BCUT2D eigenvalue weighted by molar-refractivity contribution is 7.09. The van der Waals surface area contributed by atoms with Gasteiger partial charge < -0.3 is 14.4 Å². The topological polar surface area (TPSA) is 51.7 Å². The van der Waals surface area contributed by atoms with E-state index in [1.54, 1.807) is 22.4 Å². The third kappa shape index (κ3) is 3.43. The maximum absolute atomic E-state index is 13.7. The van der Waals surface area contributed by atoms with Gasteiger partial charge in [-0.3, -0.25) is 9.78 Å². The Kier molecular flexibility index (Phi) is 4.62. The number of pyridine rings is 1. The smallest absolute Gasteiger partial charge is 0.259 e. The number of nitrogens with zero attached hydrogens (tertiary/aromatic N) is 2. The summed E-state index contributed by atoms with van der Waals surface area (Å²) in [4.78, 5) is 21.0. The van der Waals surface area contributed by atoms with Crippen LogP contribution >= 0.6 is 11.3 Å². The van der Waals surface area contributed by atoms with Crippen LogP contribution in [-0.4, -0.2) is 24.1 Å². The van der Waals surface area contributed by atoms with E-state index in [4.69, 9.17) is 9.47 Å². The minimum Gasteiger partial charge on any atom is -0.486 e. The average Bonchev–Trinajstić information content (AvgIpc) is 3.30. The summed E-state index contributed by atoms with van der Waals surface area (Å²) in [5.41, 5.74) is 2.20. The number of anilines is 1. The first-order valence-corrected chi connectivity index (χ1v) is 10.3. The van der Waals surface area contributed by atoms with Crippen LogP contribution in [0.25, 0.3) is 10.9 Å². The summed E-state index contributed by atoms with van der Waals surface area (Å²) in [5.74, 6) is 1.30. The molecule has 0 unspecified atom stereocenters. The van der Waals surface area contributed by atoms with Gasteiger partial charge in [0.25, 0.3) is 5.91 Å². The molecule has 0 atom stereocenters. The molecule has 0 saturated heterocycles. The number of ether oxygens (including phenoxy) is 2. The Morgan fingerprint density at radius 1 is 1.00 bits per heavy atom. The molecule has 0 radical (unpaired) electrons. The zero-order valence-electron chi connectivity index (χ0n) is 15.6. The first-order chi connectivity index (χ1) is 14.3. The van der Waals surface area contributed by atoms with Crippen LogP contribution in [0, 0.1) is 0 Å². The highest BCUT2D eigenvalue weighted by Crippen LogP contribution is 2.35. The van der Waals surface area contributed by atoms with Crippen molar-refractivity contribution in [2.24, 2.45) is 0 Å². The fraction of sp³-hybridized carbons (Fsp3) is 0.130. The van der Waals surface area contributed by atoms with Crippen LogP contribution in [0.2, 0.25) is 0 Å². The number of hydrogen-bond donors (Lipinski definition) is 0. The van der Waals surface area contributed by atoms with Gasteiger partial charge in [0.1, 0.15) is 13.2 Å². The summed E-state index contributed by atoms with van der Waals surface area (Å²) in [6.45, 7) is 1.52. The summed E-state index contributed by atoms with van der Waals surface area (Å²) in [5, 5.41) is 2.86. The van der Waals surface area contributed by atoms with E-state index in [1.807, 2.05) is 66.0 Å². The molecular weight excluding hydrogens is 384 g/mol. The standard InChI is InChI=1S/C23H18N2O3S/c26-23(19-5-1-7-20-18(19)6-2-10-24-20)25(15-17-4-3-13-29-17)16-8-9-21-22(14-16)28-12-11-27-21/h1-10,13-14H,11-12,15H2. The van der Waals surface area contributed by atoms with Gasteiger partial charge in [0.15, 0.2) is 11.5 Å². The van der Waals surface area contributed by atoms with Gasteiger partial charge in [-0.15, -0.1) is 11.3 Å². The molecule has 5 rings (SSSR count). The van der Waals surface area contributed by atoms with E-state index in [2.05, 4.69) is 4.98 Å². The van der Waals surface area contributed by atoms with E-state index in [0.29, 0.717) is 36.8 Å². The number of amides is 1. The molecule has 6 heteroatoms. The molecule has 29 heavy (non-hydrogen) atoms. The van der Waals surface area contributed by atoms with Crippen LogP contribution in [0.4, 0.5) is 5.69 Å². The molecule has 0 bridgehead atoms. The Labute approximate surface area is 172 Å². The highest BCUT2D eigenvalue weighted by Gasteiger charge is 2.23. The zero-order valence-corrected chi connectivity index (χ0v) is 16.4. The Bertz CT molecular complexity index is 1170. The van der Waals surface area contributed by atoms with Gasteiger partial charge in [0.05, 0.1) is 12.1 Å². The van der Waals surface area contributed by atoms with Crippen molar-refractivity contribution in [2.45, 2.75) is 6.54 Å².